The van der Waals surface area contributed by atoms with Gasteiger partial charge in [0.1, 0.15) is 0 Å². The molecule has 1 aromatic carbocycles. The van der Waals surface area contributed by atoms with Crippen molar-refractivity contribution in [2.75, 3.05) is 11.9 Å². The molecular formula is C13H17NO3. The van der Waals surface area contributed by atoms with Crippen LogP contribution in [0.1, 0.15) is 30.1 Å². The average molecular weight is 235 g/mol. The lowest BCUT2D eigenvalue weighted by atomic mass is 10.0. The first kappa shape index (κ1) is 11.9. The maximum atomic E-state index is 10.7. The predicted molar refractivity (Wildman–Crippen MR) is 65.5 cm³/mol. The highest BCUT2D eigenvalue weighted by Gasteiger charge is 2.18. The average Bonchev–Trinajstić information content (AvgIpc) is 2.29. The highest BCUT2D eigenvalue weighted by atomic mass is 16.5. The Kier molecular flexibility index (Phi) is 3.64. The van der Waals surface area contributed by atoms with E-state index >= 15 is 0 Å². The number of aromatic carboxylic acids is 1. The van der Waals surface area contributed by atoms with Crippen LogP contribution in [0.2, 0.25) is 0 Å². The van der Waals surface area contributed by atoms with Gasteiger partial charge in [0.15, 0.2) is 0 Å². The van der Waals surface area contributed by atoms with Crippen LogP contribution in [0.4, 0.5) is 5.69 Å². The van der Waals surface area contributed by atoms with Crippen molar-refractivity contribution in [3.8, 4) is 0 Å². The maximum Gasteiger partial charge on any atom is 0.335 e. The fraction of sp³-hybridized carbons (Fsp3) is 0.462. The second kappa shape index (κ2) is 5.19. The fourth-order valence-electron chi connectivity index (χ4n) is 2.07. The largest absolute Gasteiger partial charge is 0.478 e. The summed E-state index contributed by atoms with van der Waals surface area (Å²) in [5, 5.41) is 12.2. The smallest absolute Gasteiger partial charge is 0.335 e. The normalized spacial score (nSPS) is 24.3. The van der Waals surface area contributed by atoms with Gasteiger partial charge in [-0.2, -0.15) is 0 Å². The molecule has 0 radical (unpaired) electrons. The number of hydrogen-bond donors (Lipinski definition) is 2. The maximum absolute atomic E-state index is 10.7. The summed E-state index contributed by atoms with van der Waals surface area (Å²) >= 11 is 0. The first-order valence-corrected chi connectivity index (χ1v) is 5.86. The van der Waals surface area contributed by atoms with E-state index in [2.05, 4.69) is 12.2 Å². The summed E-state index contributed by atoms with van der Waals surface area (Å²) in [5.41, 5.74) is 1.28. The minimum Gasteiger partial charge on any atom is -0.478 e. The van der Waals surface area contributed by atoms with Crippen molar-refractivity contribution in [3.05, 3.63) is 29.8 Å². The Morgan fingerprint density at radius 1 is 1.41 bits per heavy atom. The molecule has 2 rings (SSSR count). The highest BCUT2D eigenvalue weighted by Crippen LogP contribution is 2.19. The zero-order valence-corrected chi connectivity index (χ0v) is 9.85. The number of ether oxygens (including phenoxy) is 1. The van der Waals surface area contributed by atoms with E-state index in [4.69, 9.17) is 9.84 Å². The summed E-state index contributed by atoms with van der Waals surface area (Å²) in [6.07, 6.45) is 2.27. The third-order valence-corrected chi connectivity index (χ3v) is 2.99. The van der Waals surface area contributed by atoms with Crippen molar-refractivity contribution >= 4 is 11.7 Å². The van der Waals surface area contributed by atoms with Gasteiger partial charge in [0, 0.05) is 18.3 Å². The molecule has 92 valence electrons. The van der Waals surface area contributed by atoms with Gasteiger partial charge in [0.25, 0.3) is 0 Å². The SMILES string of the molecule is CC1CC(Nc2ccc(C(=O)O)cc2)CCO1. The molecule has 1 fully saturated rings. The molecule has 1 saturated heterocycles. The second-order valence-corrected chi connectivity index (χ2v) is 4.43. The Balaban J connectivity index is 1.96. The van der Waals surface area contributed by atoms with Crippen LogP contribution in [0.3, 0.4) is 0 Å². The van der Waals surface area contributed by atoms with Crippen molar-refractivity contribution in [2.45, 2.75) is 31.9 Å². The Hall–Kier alpha value is -1.55. The molecule has 0 spiro atoms. The molecule has 1 aromatic rings. The number of anilines is 1. The molecule has 0 saturated carbocycles. The molecule has 4 nitrogen and oxygen atoms in total. The summed E-state index contributed by atoms with van der Waals surface area (Å²) in [6.45, 7) is 2.85. The van der Waals surface area contributed by atoms with Gasteiger partial charge in [-0.1, -0.05) is 0 Å². The number of benzene rings is 1. The summed E-state index contributed by atoms with van der Waals surface area (Å²) < 4.78 is 5.48. The van der Waals surface area contributed by atoms with Crippen molar-refractivity contribution in [2.24, 2.45) is 0 Å². The minimum absolute atomic E-state index is 0.291. The van der Waals surface area contributed by atoms with Crippen LogP contribution < -0.4 is 5.32 Å². The molecule has 17 heavy (non-hydrogen) atoms. The van der Waals surface area contributed by atoms with E-state index in [9.17, 15) is 4.79 Å². The van der Waals surface area contributed by atoms with Gasteiger partial charge in [0.2, 0.25) is 0 Å². The van der Waals surface area contributed by atoms with Gasteiger partial charge < -0.3 is 15.2 Å². The molecule has 1 aliphatic heterocycles. The number of hydrogen-bond acceptors (Lipinski definition) is 3. The van der Waals surface area contributed by atoms with E-state index in [1.54, 1.807) is 12.1 Å². The van der Waals surface area contributed by atoms with E-state index in [1.165, 1.54) is 0 Å². The van der Waals surface area contributed by atoms with Crippen LogP contribution in [-0.2, 0) is 4.74 Å². The third kappa shape index (κ3) is 3.20. The van der Waals surface area contributed by atoms with E-state index in [1.807, 2.05) is 12.1 Å². The molecule has 0 aliphatic carbocycles. The predicted octanol–water partition coefficient (Wildman–Crippen LogP) is 2.36. The van der Waals surface area contributed by atoms with Crippen molar-refractivity contribution in [1.82, 2.24) is 0 Å². The van der Waals surface area contributed by atoms with Gasteiger partial charge in [-0.3, -0.25) is 0 Å². The molecule has 2 N–H and O–H groups in total. The topological polar surface area (TPSA) is 58.6 Å². The number of carboxylic acid groups (broad SMARTS) is 1. The molecule has 1 heterocycles. The summed E-state index contributed by atoms with van der Waals surface area (Å²) in [7, 11) is 0. The second-order valence-electron chi connectivity index (χ2n) is 4.43. The summed E-state index contributed by atoms with van der Waals surface area (Å²) in [5.74, 6) is -0.892. The molecule has 4 heteroatoms. The monoisotopic (exact) mass is 235 g/mol. The lowest BCUT2D eigenvalue weighted by Crippen LogP contribution is -2.32. The van der Waals surface area contributed by atoms with Crippen LogP contribution in [-0.4, -0.2) is 29.8 Å². The molecule has 2 unspecified atom stereocenters. The Bertz CT molecular complexity index is 388. The molecule has 0 aromatic heterocycles. The van der Waals surface area contributed by atoms with Crippen LogP contribution in [0.25, 0.3) is 0 Å². The lowest BCUT2D eigenvalue weighted by Gasteiger charge is -2.28. The van der Waals surface area contributed by atoms with E-state index in [0.717, 1.165) is 25.1 Å². The molecule has 0 amide bonds. The number of rotatable bonds is 3. The van der Waals surface area contributed by atoms with Crippen LogP contribution >= 0.6 is 0 Å². The first-order valence-electron chi connectivity index (χ1n) is 5.86. The Morgan fingerprint density at radius 2 is 2.12 bits per heavy atom. The van der Waals surface area contributed by atoms with E-state index in [0.29, 0.717) is 17.7 Å². The van der Waals surface area contributed by atoms with E-state index < -0.39 is 5.97 Å². The standard InChI is InChI=1S/C13H17NO3/c1-9-8-12(6-7-17-9)14-11-4-2-10(3-5-11)13(15)16/h2-5,9,12,14H,6-8H2,1H3,(H,15,16). The van der Waals surface area contributed by atoms with Gasteiger partial charge in [-0.05, 0) is 44.0 Å². The number of carboxylic acids is 1. The minimum atomic E-state index is -0.892. The van der Waals surface area contributed by atoms with Gasteiger partial charge >= 0.3 is 5.97 Å². The third-order valence-electron chi connectivity index (χ3n) is 2.99. The number of carbonyl (C=O) groups is 1. The zero-order chi connectivity index (χ0) is 12.3. The van der Waals surface area contributed by atoms with Crippen LogP contribution in [0.15, 0.2) is 24.3 Å². The molecule has 1 aliphatic rings. The van der Waals surface area contributed by atoms with Gasteiger partial charge in [-0.15, -0.1) is 0 Å². The summed E-state index contributed by atoms with van der Waals surface area (Å²) in [4.78, 5) is 10.7. The Labute approximate surface area is 101 Å². The highest BCUT2D eigenvalue weighted by molar-refractivity contribution is 5.87. The van der Waals surface area contributed by atoms with Crippen molar-refractivity contribution in [1.29, 1.82) is 0 Å². The lowest BCUT2D eigenvalue weighted by molar-refractivity contribution is 0.0232. The Morgan fingerprint density at radius 3 is 2.71 bits per heavy atom. The van der Waals surface area contributed by atoms with Crippen LogP contribution in [0.5, 0.6) is 0 Å². The van der Waals surface area contributed by atoms with Crippen LogP contribution in [0, 0.1) is 0 Å². The van der Waals surface area contributed by atoms with Crippen molar-refractivity contribution < 1.29 is 14.6 Å². The molecule has 2 atom stereocenters. The first-order chi connectivity index (χ1) is 8.15. The molecular weight excluding hydrogens is 218 g/mol. The van der Waals surface area contributed by atoms with Gasteiger partial charge in [0.05, 0.1) is 11.7 Å². The fourth-order valence-corrected chi connectivity index (χ4v) is 2.07. The zero-order valence-electron chi connectivity index (χ0n) is 9.85. The molecule has 0 bridgehead atoms. The quantitative estimate of drug-likeness (QED) is 0.844. The van der Waals surface area contributed by atoms with Crippen molar-refractivity contribution in [3.63, 3.8) is 0 Å². The summed E-state index contributed by atoms with van der Waals surface area (Å²) in [6, 6.07) is 7.27. The number of nitrogens with one attached hydrogen (secondary N) is 1. The van der Waals surface area contributed by atoms with E-state index in [-0.39, 0.29) is 0 Å². The van der Waals surface area contributed by atoms with Gasteiger partial charge in [-0.25, -0.2) is 4.79 Å².